The fraction of sp³-hybridized carbons (Fsp3) is 0.238. The molecule has 0 saturated carbocycles. The zero-order valence-corrected chi connectivity index (χ0v) is 16.2. The molecular weight excluding hydrogens is 382 g/mol. The Balaban J connectivity index is 1.65. The number of carbonyl (C=O) groups is 1. The average molecular weight is 402 g/mol. The lowest BCUT2D eigenvalue weighted by Gasteiger charge is -2.11. The number of ether oxygens (including phenoxy) is 3. The van der Waals surface area contributed by atoms with E-state index in [2.05, 4.69) is 9.84 Å². The van der Waals surface area contributed by atoms with Gasteiger partial charge in [0.05, 0.1) is 24.1 Å². The third-order valence-electron chi connectivity index (χ3n) is 4.18. The summed E-state index contributed by atoms with van der Waals surface area (Å²) in [6, 6.07) is 13.3. The number of esters is 1. The highest BCUT2D eigenvalue weighted by molar-refractivity contribution is 5.90. The Kier molecular flexibility index (Phi) is 6.11. The normalized spacial score (nSPS) is 10.8. The van der Waals surface area contributed by atoms with Crippen LogP contribution < -0.4 is 9.47 Å². The summed E-state index contributed by atoms with van der Waals surface area (Å²) < 4.78 is 41.2. The van der Waals surface area contributed by atoms with E-state index in [0.29, 0.717) is 0 Å². The number of benzene rings is 2. The monoisotopic (exact) mass is 402 g/mol. The highest BCUT2D eigenvalue weighted by Gasteiger charge is 2.15. The van der Waals surface area contributed by atoms with Gasteiger partial charge in [0, 0.05) is 5.69 Å². The lowest BCUT2D eigenvalue weighted by atomic mass is 10.2. The number of rotatable bonds is 7. The Morgan fingerprint density at radius 2 is 1.79 bits per heavy atom. The van der Waals surface area contributed by atoms with Crippen molar-refractivity contribution in [1.82, 2.24) is 9.78 Å². The molecule has 0 spiro atoms. The van der Waals surface area contributed by atoms with Gasteiger partial charge < -0.3 is 14.2 Å². The molecule has 3 aromatic rings. The predicted molar refractivity (Wildman–Crippen MR) is 102 cm³/mol. The van der Waals surface area contributed by atoms with Crippen LogP contribution in [0.25, 0.3) is 5.69 Å². The summed E-state index contributed by atoms with van der Waals surface area (Å²) >= 11 is 0. The van der Waals surface area contributed by atoms with Crippen LogP contribution in [0, 0.1) is 13.8 Å². The Morgan fingerprint density at radius 3 is 2.38 bits per heavy atom. The first-order chi connectivity index (χ1) is 13.9. The first-order valence-electron chi connectivity index (χ1n) is 8.80. The van der Waals surface area contributed by atoms with Crippen molar-refractivity contribution >= 4 is 5.97 Å². The van der Waals surface area contributed by atoms with Crippen LogP contribution in [0.2, 0.25) is 0 Å². The highest BCUT2D eigenvalue weighted by atomic mass is 19.3. The van der Waals surface area contributed by atoms with Crippen molar-refractivity contribution in [2.45, 2.75) is 27.1 Å². The molecular formula is C21H20F2N2O4. The molecule has 0 amide bonds. The standard InChI is InChI=1S/C21H20F2N2O4/c1-13-10-14(2)25(24-13)17-7-4-15(5-8-17)12-28-20(26)16-6-9-18(29-21(22)23)19(11-16)27-3/h4-11,21H,12H2,1-3H3. The topological polar surface area (TPSA) is 62.6 Å². The van der Waals surface area contributed by atoms with E-state index >= 15 is 0 Å². The summed E-state index contributed by atoms with van der Waals surface area (Å²) in [4.78, 5) is 12.3. The Labute approximate surface area is 166 Å². The fourth-order valence-electron chi connectivity index (χ4n) is 2.84. The maximum Gasteiger partial charge on any atom is 0.387 e. The summed E-state index contributed by atoms with van der Waals surface area (Å²) in [6.45, 7) is 0.979. The molecule has 152 valence electrons. The molecule has 29 heavy (non-hydrogen) atoms. The molecule has 0 unspecified atom stereocenters. The first kappa shape index (κ1) is 20.3. The van der Waals surface area contributed by atoms with Crippen LogP contribution in [0.3, 0.4) is 0 Å². The molecule has 1 heterocycles. The molecule has 0 radical (unpaired) electrons. The minimum Gasteiger partial charge on any atom is -0.493 e. The number of hydrogen-bond acceptors (Lipinski definition) is 5. The van der Waals surface area contributed by atoms with Gasteiger partial charge in [0.25, 0.3) is 0 Å². The van der Waals surface area contributed by atoms with Gasteiger partial charge in [-0.2, -0.15) is 13.9 Å². The van der Waals surface area contributed by atoms with Crippen molar-refractivity contribution in [3.05, 3.63) is 71.0 Å². The van der Waals surface area contributed by atoms with Crippen LogP contribution in [-0.2, 0) is 11.3 Å². The summed E-state index contributed by atoms with van der Waals surface area (Å²) in [7, 11) is 1.30. The largest absolute Gasteiger partial charge is 0.493 e. The highest BCUT2D eigenvalue weighted by Crippen LogP contribution is 2.29. The van der Waals surface area contributed by atoms with Gasteiger partial charge in [-0.05, 0) is 55.8 Å². The summed E-state index contributed by atoms with van der Waals surface area (Å²) in [6.07, 6.45) is 0. The zero-order chi connectivity index (χ0) is 21.0. The molecule has 0 saturated heterocycles. The second-order valence-electron chi connectivity index (χ2n) is 6.33. The molecule has 0 aliphatic rings. The molecule has 6 nitrogen and oxygen atoms in total. The van der Waals surface area contributed by atoms with Gasteiger partial charge in [0.15, 0.2) is 11.5 Å². The number of carbonyl (C=O) groups excluding carboxylic acids is 1. The third kappa shape index (κ3) is 4.90. The second kappa shape index (κ2) is 8.72. The minimum absolute atomic E-state index is 0.0222. The van der Waals surface area contributed by atoms with Gasteiger partial charge in [-0.3, -0.25) is 0 Å². The first-order valence-corrected chi connectivity index (χ1v) is 8.80. The fourth-order valence-corrected chi connectivity index (χ4v) is 2.84. The van der Waals surface area contributed by atoms with Crippen LogP contribution >= 0.6 is 0 Å². The molecule has 3 rings (SSSR count). The number of hydrogen-bond donors (Lipinski definition) is 0. The Morgan fingerprint density at radius 1 is 1.07 bits per heavy atom. The smallest absolute Gasteiger partial charge is 0.387 e. The average Bonchev–Trinajstić information content (AvgIpc) is 3.04. The number of halogens is 2. The number of alkyl halides is 2. The van der Waals surface area contributed by atoms with E-state index in [-0.39, 0.29) is 23.7 Å². The molecule has 0 aliphatic heterocycles. The van der Waals surface area contributed by atoms with E-state index < -0.39 is 12.6 Å². The second-order valence-corrected chi connectivity index (χ2v) is 6.33. The molecule has 0 N–H and O–H groups in total. The van der Waals surface area contributed by atoms with Crippen LogP contribution in [0.1, 0.15) is 27.3 Å². The van der Waals surface area contributed by atoms with Crippen LogP contribution in [0.15, 0.2) is 48.5 Å². The SMILES string of the molecule is COc1cc(C(=O)OCc2ccc(-n3nc(C)cc3C)cc2)ccc1OC(F)F. The van der Waals surface area contributed by atoms with Crippen LogP contribution in [-0.4, -0.2) is 29.5 Å². The molecule has 0 aliphatic carbocycles. The quantitative estimate of drug-likeness (QED) is 0.546. The summed E-state index contributed by atoms with van der Waals surface area (Å²) in [5.74, 6) is -0.734. The number of nitrogens with zero attached hydrogens (tertiary/aromatic N) is 2. The van der Waals surface area contributed by atoms with E-state index in [1.54, 1.807) is 0 Å². The Hall–Kier alpha value is -3.42. The molecule has 8 heteroatoms. The minimum atomic E-state index is -2.99. The zero-order valence-electron chi connectivity index (χ0n) is 16.2. The van der Waals surface area contributed by atoms with E-state index in [1.807, 2.05) is 48.9 Å². The van der Waals surface area contributed by atoms with Gasteiger partial charge in [0.2, 0.25) is 0 Å². The lowest BCUT2D eigenvalue weighted by molar-refractivity contribution is -0.0512. The maximum atomic E-state index is 12.4. The number of aromatic nitrogens is 2. The van der Waals surface area contributed by atoms with Gasteiger partial charge >= 0.3 is 12.6 Å². The number of methoxy groups -OCH3 is 1. The molecule has 0 fully saturated rings. The third-order valence-corrected chi connectivity index (χ3v) is 4.18. The van der Waals surface area contributed by atoms with Gasteiger partial charge in [-0.25, -0.2) is 9.48 Å². The van der Waals surface area contributed by atoms with Gasteiger partial charge in [-0.15, -0.1) is 0 Å². The maximum absolute atomic E-state index is 12.4. The van der Waals surface area contributed by atoms with Gasteiger partial charge in [0.1, 0.15) is 6.61 Å². The van der Waals surface area contributed by atoms with Crippen molar-refractivity contribution < 1.29 is 27.8 Å². The van der Waals surface area contributed by atoms with E-state index in [4.69, 9.17) is 9.47 Å². The van der Waals surface area contributed by atoms with Gasteiger partial charge in [-0.1, -0.05) is 12.1 Å². The van der Waals surface area contributed by atoms with Crippen LogP contribution in [0.4, 0.5) is 8.78 Å². The van der Waals surface area contributed by atoms with Crippen LogP contribution in [0.5, 0.6) is 11.5 Å². The van der Waals surface area contributed by atoms with Crippen molar-refractivity contribution in [1.29, 1.82) is 0 Å². The molecule has 0 atom stereocenters. The van der Waals surface area contributed by atoms with Crippen molar-refractivity contribution in [2.24, 2.45) is 0 Å². The molecule has 2 aromatic carbocycles. The van der Waals surface area contributed by atoms with E-state index in [0.717, 1.165) is 22.6 Å². The number of aryl methyl sites for hydroxylation is 2. The predicted octanol–water partition coefficient (Wildman–Crippen LogP) is 4.46. The van der Waals surface area contributed by atoms with Crippen molar-refractivity contribution in [2.75, 3.05) is 7.11 Å². The summed E-state index contributed by atoms with van der Waals surface area (Å²) in [5.41, 5.74) is 3.83. The summed E-state index contributed by atoms with van der Waals surface area (Å²) in [5, 5.41) is 4.43. The van der Waals surface area contributed by atoms with Crippen molar-refractivity contribution in [3.8, 4) is 17.2 Å². The molecule has 1 aromatic heterocycles. The molecule has 0 bridgehead atoms. The Bertz CT molecular complexity index is 1000. The lowest BCUT2D eigenvalue weighted by Crippen LogP contribution is -2.08. The van der Waals surface area contributed by atoms with E-state index in [1.165, 1.54) is 25.3 Å². The van der Waals surface area contributed by atoms with E-state index in [9.17, 15) is 13.6 Å². The van der Waals surface area contributed by atoms with Crippen molar-refractivity contribution in [3.63, 3.8) is 0 Å².